The average Bonchev–Trinajstić information content (AvgIpc) is 3.16. The minimum absolute atomic E-state index is 0.131. The molecule has 3 aromatic rings. The fourth-order valence-corrected chi connectivity index (χ4v) is 4.58. The first-order valence-electron chi connectivity index (χ1n) is 11.6. The standard InChI is InChI=1S/C27H31N3O3/c1-18-14-16-23(17-15-18)30(27(32)24-19(2)29-33-20(24)3)25(21-10-6-4-7-11-21)26(31)28-22-12-8-5-9-13-22/h4,6-7,10-11,14-17,22,25H,5,8-9,12-13H2,1-3H3,(H,28,31)/t25-/m1/s1. The first-order chi connectivity index (χ1) is 16.0. The summed E-state index contributed by atoms with van der Waals surface area (Å²) in [5, 5.41) is 7.21. The number of nitrogens with zero attached hydrogens (tertiary/aromatic N) is 2. The van der Waals surface area contributed by atoms with Crippen LogP contribution in [0.3, 0.4) is 0 Å². The van der Waals surface area contributed by atoms with E-state index in [4.69, 9.17) is 4.52 Å². The Bertz CT molecular complexity index is 1080. The normalized spacial score (nSPS) is 15.1. The van der Waals surface area contributed by atoms with Gasteiger partial charge in [0.05, 0.1) is 5.69 Å². The molecule has 1 fully saturated rings. The van der Waals surface area contributed by atoms with Crippen LogP contribution in [0.2, 0.25) is 0 Å². The van der Waals surface area contributed by atoms with Crippen molar-refractivity contribution in [2.75, 3.05) is 4.90 Å². The molecule has 1 N–H and O–H groups in total. The van der Waals surface area contributed by atoms with Crippen molar-refractivity contribution in [3.63, 3.8) is 0 Å². The lowest BCUT2D eigenvalue weighted by atomic mass is 9.94. The van der Waals surface area contributed by atoms with Crippen LogP contribution in [0, 0.1) is 20.8 Å². The van der Waals surface area contributed by atoms with Crippen LogP contribution in [0.5, 0.6) is 0 Å². The molecule has 0 spiro atoms. The van der Waals surface area contributed by atoms with Crippen LogP contribution in [0.15, 0.2) is 59.1 Å². The molecule has 0 unspecified atom stereocenters. The van der Waals surface area contributed by atoms with Crippen molar-refractivity contribution in [1.29, 1.82) is 0 Å². The molecule has 1 aromatic heterocycles. The number of nitrogens with one attached hydrogen (secondary N) is 1. The van der Waals surface area contributed by atoms with E-state index < -0.39 is 6.04 Å². The summed E-state index contributed by atoms with van der Waals surface area (Å²) < 4.78 is 5.29. The number of hydrogen-bond donors (Lipinski definition) is 1. The number of amides is 2. The number of aromatic nitrogens is 1. The van der Waals surface area contributed by atoms with Crippen LogP contribution in [-0.2, 0) is 4.79 Å². The highest BCUT2D eigenvalue weighted by molar-refractivity contribution is 6.11. The molecule has 0 radical (unpaired) electrons. The van der Waals surface area contributed by atoms with Gasteiger partial charge in [-0.05, 0) is 51.3 Å². The lowest BCUT2D eigenvalue weighted by Crippen LogP contribution is -2.47. The van der Waals surface area contributed by atoms with Crippen LogP contribution in [-0.4, -0.2) is 23.0 Å². The Morgan fingerprint density at radius 2 is 1.64 bits per heavy atom. The Balaban J connectivity index is 1.81. The topological polar surface area (TPSA) is 75.4 Å². The maximum atomic E-state index is 14.0. The average molecular weight is 446 g/mol. The molecule has 2 amide bonds. The van der Waals surface area contributed by atoms with E-state index in [0.717, 1.165) is 36.8 Å². The Hall–Kier alpha value is -3.41. The highest BCUT2D eigenvalue weighted by Crippen LogP contribution is 2.32. The summed E-state index contributed by atoms with van der Waals surface area (Å²) in [7, 11) is 0. The third-order valence-electron chi connectivity index (χ3n) is 6.35. The molecule has 0 saturated heterocycles. The summed E-state index contributed by atoms with van der Waals surface area (Å²) in [5.41, 5.74) is 3.38. The van der Waals surface area contributed by atoms with Crippen molar-refractivity contribution in [2.45, 2.75) is 65.0 Å². The Labute approximate surface area is 195 Å². The van der Waals surface area contributed by atoms with Gasteiger partial charge in [-0.3, -0.25) is 14.5 Å². The minimum Gasteiger partial charge on any atom is -0.361 e. The second-order valence-electron chi connectivity index (χ2n) is 8.87. The van der Waals surface area contributed by atoms with Gasteiger partial charge in [0.1, 0.15) is 17.4 Å². The molecule has 0 aliphatic heterocycles. The first-order valence-corrected chi connectivity index (χ1v) is 11.6. The molecule has 1 saturated carbocycles. The van der Waals surface area contributed by atoms with E-state index in [-0.39, 0.29) is 17.9 Å². The third-order valence-corrected chi connectivity index (χ3v) is 6.35. The lowest BCUT2D eigenvalue weighted by molar-refractivity contribution is -0.123. The zero-order valence-electron chi connectivity index (χ0n) is 19.5. The largest absolute Gasteiger partial charge is 0.361 e. The van der Waals surface area contributed by atoms with Gasteiger partial charge in [0.25, 0.3) is 5.91 Å². The third kappa shape index (κ3) is 5.00. The second kappa shape index (κ2) is 10.0. The van der Waals surface area contributed by atoms with Gasteiger partial charge in [-0.15, -0.1) is 0 Å². The molecule has 1 atom stereocenters. The molecule has 1 aliphatic carbocycles. The van der Waals surface area contributed by atoms with Gasteiger partial charge in [-0.1, -0.05) is 72.4 Å². The fraction of sp³-hybridized carbons (Fsp3) is 0.370. The van der Waals surface area contributed by atoms with Gasteiger partial charge in [-0.25, -0.2) is 0 Å². The van der Waals surface area contributed by atoms with Gasteiger partial charge < -0.3 is 9.84 Å². The van der Waals surface area contributed by atoms with Crippen molar-refractivity contribution < 1.29 is 14.1 Å². The molecule has 33 heavy (non-hydrogen) atoms. The maximum Gasteiger partial charge on any atom is 0.264 e. The van der Waals surface area contributed by atoms with Crippen LogP contribution in [0.1, 0.15) is 71.1 Å². The first kappa shape index (κ1) is 22.8. The van der Waals surface area contributed by atoms with Gasteiger partial charge in [0.15, 0.2) is 0 Å². The van der Waals surface area contributed by atoms with Gasteiger partial charge in [-0.2, -0.15) is 0 Å². The van der Waals surface area contributed by atoms with Crippen LogP contribution < -0.4 is 10.2 Å². The maximum absolute atomic E-state index is 14.0. The zero-order valence-corrected chi connectivity index (χ0v) is 19.5. The number of benzene rings is 2. The van der Waals surface area contributed by atoms with Crippen molar-refractivity contribution in [3.05, 3.63) is 82.7 Å². The smallest absolute Gasteiger partial charge is 0.264 e. The van der Waals surface area contributed by atoms with E-state index in [2.05, 4.69) is 10.5 Å². The molecule has 1 aliphatic rings. The summed E-state index contributed by atoms with van der Waals surface area (Å²) in [6.07, 6.45) is 5.36. The Morgan fingerprint density at radius 3 is 2.24 bits per heavy atom. The number of aryl methyl sites for hydroxylation is 3. The molecule has 4 rings (SSSR count). The molecule has 0 bridgehead atoms. The molecule has 6 nitrogen and oxygen atoms in total. The van der Waals surface area contributed by atoms with E-state index in [9.17, 15) is 9.59 Å². The Kier molecular flexibility index (Phi) is 6.92. The minimum atomic E-state index is -0.822. The van der Waals surface area contributed by atoms with Crippen molar-refractivity contribution in [3.8, 4) is 0 Å². The predicted molar refractivity (Wildman–Crippen MR) is 128 cm³/mol. The summed E-state index contributed by atoms with van der Waals surface area (Å²) >= 11 is 0. The van der Waals surface area contributed by atoms with E-state index in [1.165, 1.54) is 6.42 Å². The number of carbonyl (C=O) groups is 2. The van der Waals surface area contributed by atoms with Crippen LogP contribution >= 0.6 is 0 Å². The van der Waals surface area contributed by atoms with E-state index in [1.54, 1.807) is 18.7 Å². The van der Waals surface area contributed by atoms with Gasteiger partial charge >= 0.3 is 0 Å². The Morgan fingerprint density at radius 1 is 0.970 bits per heavy atom. The number of anilines is 1. The van der Waals surface area contributed by atoms with Crippen molar-refractivity contribution >= 4 is 17.5 Å². The van der Waals surface area contributed by atoms with E-state index >= 15 is 0 Å². The van der Waals surface area contributed by atoms with Crippen LogP contribution in [0.25, 0.3) is 0 Å². The number of hydrogen-bond acceptors (Lipinski definition) is 4. The molecule has 1 heterocycles. The summed E-state index contributed by atoms with van der Waals surface area (Å²) in [6, 6.07) is 16.5. The van der Waals surface area contributed by atoms with Gasteiger partial charge in [0, 0.05) is 11.7 Å². The number of rotatable bonds is 6. The highest BCUT2D eigenvalue weighted by Gasteiger charge is 2.36. The molecule has 172 valence electrons. The zero-order chi connectivity index (χ0) is 23.4. The molecular weight excluding hydrogens is 414 g/mol. The highest BCUT2D eigenvalue weighted by atomic mass is 16.5. The van der Waals surface area contributed by atoms with Gasteiger partial charge in [0.2, 0.25) is 5.91 Å². The van der Waals surface area contributed by atoms with E-state index in [0.29, 0.717) is 22.7 Å². The predicted octanol–water partition coefficient (Wildman–Crippen LogP) is 5.44. The summed E-state index contributed by atoms with van der Waals surface area (Å²) in [6.45, 7) is 5.46. The quantitative estimate of drug-likeness (QED) is 0.548. The number of carbonyl (C=O) groups excluding carboxylic acids is 2. The van der Waals surface area contributed by atoms with Crippen molar-refractivity contribution in [1.82, 2.24) is 10.5 Å². The summed E-state index contributed by atoms with van der Waals surface area (Å²) in [5.74, 6) is -0.0364. The summed E-state index contributed by atoms with van der Waals surface area (Å²) in [4.78, 5) is 29.4. The monoisotopic (exact) mass is 445 g/mol. The lowest BCUT2D eigenvalue weighted by Gasteiger charge is -2.33. The SMILES string of the molecule is Cc1ccc(N(C(=O)c2c(C)noc2C)[C@@H](C(=O)NC2CCCCC2)c2ccccc2)cc1. The molecule has 6 heteroatoms. The molecular formula is C27H31N3O3. The van der Waals surface area contributed by atoms with E-state index in [1.807, 2.05) is 61.5 Å². The molecule has 2 aromatic carbocycles. The van der Waals surface area contributed by atoms with Crippen LogP contribution in [0.4, 0.5) is 5.69 Å². The second-order valence-corrected chi connectivity index (χ2v) is 8.87. The fourth-order valence-electron chi connectivity index (χ4n) is 4.58. The van der Waals surface area contributed by atoms with Crippen molar-refractivity contribution in [2.24, 2.45) is 0 Å².